The van der Waals surface area contributed by atoms with Crippen molar-refractivity contribution in [3.8, 4) is 11.3 Å². The summed E-state index contributed by atoms with van der Waals surface area (Å²) in [7, 11) is -3.22. The van der Waals surface area contributed by atoms with Crippen LogP contribution >= 0.6 is 0 Å². The van der Waals surface area contributed by atoms with Crippen LogP contribution in [0, 0.1) is 0 Å². The zero-order valence-corrected chi connectivity index (χ0v) is 19.0. The number of nitrogens with zero attached hydrogens (tertiary/aromatic N) is 4. The summed E-state index contributed by atoms with van der Waals surface area (Å²) in [6.45, 7) is -0.142. The van der Waals surface area contributed by atoms with E-state index in [2.05, 4.69) is 36.0 Å². The second-order valence-electron chi connectivity index (χ2n) is 7.99. The molecule has 3 heterocycles. The quantitative estimate of drug-likeness (QED) is 0.315. The molecule has 4 N–H and O–H groups in total. The average molecular weight is 478 g/mol. The predicted octanol–water partition coefficient (Wildman–Crippen LogP) is 2.87. The number of sulfone groups is 1. The highest BCUT2D eigenvalue weighted by Gasteiger charge is 2.23. The largest absolute Gasteiger partial charge is 0.394 e. The number of aliphatic hydroxyl groups is 1. The fourth-order valence-electron chi connectivity index (χ4n) is 4.01. The first-order valence-corrected chi connectivity index (χ1v) is 12.5. The molecular formula is C23H23N7O3S. The third kappa shape index (κ3) is 4.47. The number of aromatic nitrogens is 5. The molecule has 0 fully saturated rings. The van der Waals surface area contributed by atoms with Crippen molar-refractivity contribution < 1.29 is 13.5 Å². The summed E-state index contributed by atoms with van der Waals surface area (Å²) in [6.07, 6.45) is 4.52. The molecule has 0 aliphatic carbocycles. The number of rotatable bonds is 7. The summed E-state index contributed by atoms with van der Waals surface area (Å²) < 4.78 is 24.6. The van der Waals surface area contributed by atoms with Gasteiger partial charge in [0.25, 0.3) is 0 Å². The summed E-state index contributed by atoms with van der Waals surface area (Å²) in [5.41, 5.74) is 3.65. The van der Waals surface area contributed by atoms with Crippen LogP contribution in [0.2, 0.25) is 0 Å². The molecule has 4 aromatic rings. The molecule has 0 unspecified atom stereocenters. The molecule has 1 aliphatic heterocycles. The monoisotopic (exact) mass is 477 g/mol. The standard InChI is InChI=1S/C23H23N7O3S/c31-14-20(15-5-2-1-3-6-15)27-22-18(19-13-25-30-29-19)12-24-23(28-22)26-17-8-9-21-16(11-17)7-4-10-34(21,32)33/h1-3,5-6,8-9,11-13,20,31H,4,7,10,14H2,(H,25,29,30)(H2,24,26,27,28)/t20-/m1/s1. The highest BCUT2D eigenvalue weighted by Crippen LogP contribution is 2.31. The van der Waals surface area contributed by atoms with Gasteiger partial charge in [0, 0.05) is 11.9 Å². The van der Waals surface area contributed by atoms with E-state index in [9.17, 15) is 13.5 Å². The normalized spacial score (nSPS) is 15.3. The first-order chi connectivity index (χ1) is 16.5. The van der Waals surface area contributed by atoms with E-state index < -0.39 is 15.9 Å². The Morgan fingerprint density at radius 3 is 2.74 bits per heavy atom. The third-order valence-corrected chi connectivity index (χ3v) is 7.59. The highest BCUT2D eigenvalue weighted by molar-refractivity contribution is 7.91. The van der Waals surface area contributed by atoms with Crippen molar-refractivity contribution >= 4 is 27.3 Å². The maximum absolute atomic E-state index is 12.3. The van der Waals surface area contributed by atoms with Gasteiger partial charge < -0.3 is 15.7 Å². The lowest BCUT2D eigenvalue weighted by Gasteiger charge is -2.20. The Balaban J connectivity index is 1.47. The molecule has 0 saturated heterocycles. The van der Waals surface area contributed by atoms with Crippen molar-refractivity contribution in [3.63, 3.8) is 0 Å². The molecule has 1 aliphatic rings. The number of hydrogen-bond acceptors (Lipinski definition) is 9. The fourth-order valence-corrected chi connectivity index (χ4v) is 5.59. The molecule has 10 nitrogen and oxygen atoms in total. The van der Waals surface area contributed by atoms with Gasteiger partial charge in [-0.1, -0.05) is 35.5 Å². The molecule has 0 bridgehead atoms. The van der Waals surface area contributed by atoms with Crippen LogP contribution in [-0.4, -0.2) is 51.3 Å². The number of nitrogens with one attached hydrogen (secondary N) is 3. The van der Waals surface area contributed by atoms with Crippen LogP contribution in [0.5, 0.6) is 0 Å². The van der Waals surface area contributed by atoms with E-state index in [1.54, 1.807) is 24.5 Å². The van der Waals surface area contributed by atoms with Crippen molar-refractivity contribution in [3.05, 3.63) is 72.1 Å². The van der Waals surface area contributed by atoms with Crippen LogP contribution in [0.3, 0.4) is 0 Å². The third-order valence-electron chi connectivity index (χ3n) is 5.70. The molecule has 0 spiro atoms. The number of fused-ring (bicyclic) bond motifs is 1. The lowest BCUT2D eigenvalue weighted by molar-refractivity contribution is 0.276. The van der Waals surface area contributed by atoms with Gasteiger partial charge in [-0.25, -0.2) is 13.4 Å². The van der Waals surface area contributed by atoms with Gasteiger partial charge in [-0.05, 0) is 42.2 Å². The Morgan fingerprint density at radius 2 is 1.97 bits per heavy atom. The summed E-state index contributed by atoms with van der Waals surface area (Å²) in [5, 5.41) is 26.9. The highest BCUT2D eigenvalue weighted by atomic mass is 32.2. The van der Waals surface area contributed by atoms with Crippen LogP contribution < -0.4 is 10.6 Å². The molecule has 11 heteroatoms. The molecular weight excluding hydrogens is 454 g/mol. The lowest BCUT2D eigenvalue weighted by atomic mass is 10.1. The second kappa shape index (κ2) is 9.20. The van der Waals surface area contributed by atoms with E-state index in [1.165, 1.54) is 0 Å². The summed E-state index contributed by atoms with van der Waals surface area (Å²) in [4.78, 5) is 9.45. The smallest absolute Gasteiger partial charge is 0.229 e. The molecule has 0 radical (unpaired) electrons. The van der Waals surface area contributed by atoms with Crippen LogP contribution in [0.1, 0.15) is 23.6 Å². The summed E-state index contributed by atoms with van der Waals surface area (Å²) >= 11 is 0. The van der Waals surface area contributed by atoms with Crippen molar-refractivity contribution in [2.24, 2.45) is 0 Å². The van der Waals surface area contributed by atoms with Crippen LogP contribution in [0.25, 0.3) is 11.3 Å². The molecule has 2 aromatic carbocycles. The Labute approximate surface area is 196 Å². The van der Waals surface area contributed by atoms with Gasteiger partial charge in [0.1, 0.15) is 5.82 Å². The molecule has 2 aromatic heterocycles. The van der Waals surface area contributed by atoms with Gasteiger partial charge in [-0.2, -0.15) is 4.98 Å². The van der Waals surface area contributed by atoms with E-state index in [1.807, 2.05) is 36.4 Å². The molecule has 0 saturated carbocycles. The van der Waals surface area contributed by atoms with Gasteiger partial charge in [0.05, 0.1) is 40.8 Å². The summed E-state index contributed by atoms with van der Waals surface area (Å²) in [6, 6.07) is 14.3. The second-order valence-corrected chi connectivity index (χ2v) is 10.1. The number of anilines is 3. The SMILES string of the molecule is O=S1(=O)CCCc2cc(Nc3ncc(-c4cnn[nH]4)c(N[C@H](CO)c4ccccc4)n3)ccc21. The van der Waals surface area contributed by atoms with Crippen LogP contribution in [-0.2, 0) is 16.3 Å². The number of aryl methyl sites for hydroxylation is 1. The zero-order valence-electron chi connectivity index (χ0n) is 18.1. The minimum atomic E-state index is -3.22. The number of aromatic amines is 1. The molecule has 174 valence electrons. The van der Waals surface area contributed by atoms with Gasteiger partial charge in [-0.15, -0.1) is 5.10 Å². The van der Waals surface area contributed by atoms with Crippen molar-refractivity contribution in [1.29, 1.82) is 0 Å². The number of H-pyrrole nitrogens is 1. The first-order valence-electron chi connectivity index (χ1n) is 10.8. The Bertz CT molecular complexity index is 1390. The predicted molar refractivity (Wildman–Crippen MR) is 127 cm³/mol. The number of aliphatic hydroxyl groups excluding tert-OH is 1. The topological polar surface area (TPSA) is 146 Å². The van der Waals surface area contributed by atoms with Crippen molar-refractivity contribution in [2.45, 2.75) is 23.8 Å². The van der Waals surface area contributed by atoms with Crippen molar-refractivity contribution in [1.82, 2.24) is 25.4 Å². The Hall–Kier alpha value is -3.83. The van der Waals surface area contributed by atoms with Gasteiger partial charge in [0.2, 0.25) is 5.95 Å². The Kier molecular flexibility index (Phi) is 5.95. The maximum atomic E-state index is 12.3. The Morgan fingerprint density at radius 1 is 1.12 bits per heavy atom. The minimum absolute atomic E-state index is 0.142. The van der Waals surface area contributed by atoms with E-state index in [4.69, 9.17) is 0 Å². The van der Waals surface area contributed by atoms with E-state index in [0.717, 1.165) is 11.1 Å². The van der Waals surface area contributed by atoms with Crippen molar-refractivity contribution in [2.75, 3.05) is 23.0 Å². The molecule has 0 amide bonds. The van der Waals surface area contributed by atoms with Gasteiger partial charge >= 0.3 is 0 Å². The van der Waals surface area contributed by atoms with Crippen LogP contribution in [0.4, 0.5) is 17.5 Å². The first kappa shape index (κ1) is 22.0. The summed E-state index contributed by atoms with van der Waals surface area (Å²) in [5.74, 6) is 0.983. The van der Waals surface area contributed by atoms with E-state index >= 15 is 0 Å². The zero-order chi connectivity index (χ0) is 23.5. The maximum Gasteiger partial charge on any atom is 0.229 e. The van der Waals surface area contributed by atoms with E-state index in [-0.39, 0.29) is 12.4 Å². The molecule has 34 heavy (non-hydrogen) atoms. The number of hydrogen-bond donors (Lipinski definition) is 4. The minimum Gasteiger partial charge on any atom is -0.394 e. The lowest BCUT2D eigenvalue weighted by Crippen LogP contribution is -2.17. The molecule has 1 atom stereocenters. The number of benzene rings is 2. The van der Waals surface area contributed by atoms with Gasteiger partial charge in [-0.3, -0.25) is 5.10 Å². The molecule has 5 rings (SSSR count). The van der Waals surface area contributed by atoms with Crippen LogP contribution in [0.15, 0.2) is 65.8 Å². The average Bonchev–Trinajstić information content (AvgIpc) is 3.38. The fraction of sp³-hybridized carbons (Fsp3) is 0.217. The van der Waals surface area contributed by atoms with Gasteiger partial charge in [0.15, 0.2) is 9.84 Å². The van der Waals surface area contributed by atoms with E-state index in [0.29, 0.717) is 46.4 Å².